The van der Waals surface area contributed by atoms with Crippen LogP contribution >= 0.6 is 0 Å². The second kappa shape index (κ2) is 9.11. The summed E-state index contributed by atoms with van der Waals surface area (Å²) in [5.41, 5.74) is 1.11. The Balaban J connectivity index is 2.01. The summed E-state index contributed by atoms with van der Waals surface area (Å²) < 4.78 is 10.9. The highest BCUT2D eigenvalue weighted by Gasteiger charge is 2.21. The first-order valence-corrected chi connectivity index (χ1v) is 8.65. The van der Waals surface area contributed by atoms with Gasteiger partial charge in [0, 0.05) is 0 Å². The van der Waals surface area contributed by atoms with Gasteiger partial charge in [0.1, 0.15) is 11.5 Å². The SMILES string of the molecule is COc1ccc(O[C@H](C)C(=O)N[C@@H](CC(C)C)c2ccccc2)cc1. The molecule has 2 rings (SSSR count). The Morgan fingerprint density at radius 3 is 2.12 bits per heavy atom. The second-order valence-corrected chi connectivity index (χ2v) is 6.54. The molecule has 0 saturated heterocycles. The van der Waals surface area contributed by atoms with Crippen LogP contribution in [0.2, 0.25) is 0 Å². The van der Waals surface area contributed by atoms with Crippen LogP contribution in [0.15, 0.2) is 54.6 Å². The molecule has 25 heavy (non-hydrogen) atoms. The lowest BCUT2D eigenvalue weighted by atomic mass is 9.97. The topological polar surface area (TPSA) is 47.6 Å². The first-order chi connectivity index (χ1) is 12.0. The molecule has 4 nitrogen and oxygen atoms in total. The van der Waals surface area contributed by atoms with E-state index in [0.717, 1.165) is 17.7 Å². The van der Waals surface area contributed by atoms with Gasteiger partial charge in [-0.2, -0.15) is 0 Å². The molecule has 0 saturated carbocycles. The van der Waals surface area contributed by atoms with Gasteiger partial charge in [0.15, 0.2) is 6.10 Å². The fourth-order valence-corrected chi connectivity index (χ4v) is 2.64. The Labute approximate surface area is 150 Å². The number of hydrogen-bond acceptors (Lipinski definition) is 3. The van der Waals surface area contributed by atoms with Gasteiger partial charge in [-0.1, -0.05) is 44.2 Å². The standard InChI is InChI=1S/C21H27NO3/c1-15(2)14-20(17-8-6-5-7-9-17)22-21(23)16(3)25-19-12-10-18(24-4)11-13-19/h5-13,15-16,20H,14H2,1-4H3,(H,22,23)/t16-,20+/m1/s1. The van der Waals surface area contributed by atoms with Crippen LogP contribution in [0.25, 0.3) is 0 Å². The summed E-state index contributed by atoms with van der Waals surface area (Å²) in [6.07, 6.45) is 0.303. The Hall–Kier alpha value is -2.49. The molecule has 0 aliphatic heterocycles. The predicted octanol–water partition coefficient (Wildman–Crippen LogP) is 4.37. The minimum atomic E-state index is -0.577. The normalized spacial score (nSPS) is 13.2. The molecule has 134 valence electrons. The molecule has 1 N–H and O–H groups in total. The van der Waals surface area contributed by atoms with Gasteiger partial charge in [0.25, 0.3) is 5.91 Å². The van der Waals surface area contributed by atoms with Crippen LogP contribution in [0.5, 0.6) is 11.5 Å². The summed E-state index contributed by atoms with van der Waals surface area (Å²) in [6.45, 7) is 6.07. The maximum atomic E-state index is 12.6. The van der Waals surface area contributed by atoms with E-state index in [2.05, 4.69) is 19.2 Å². The molecule has 2 aromatic rings. The van der Waals surface area contributed by atoms with E-state index in [1.165, 1.54) is 0 Å². The number of carbonyl (C=O) groups is 1. The highest BCUT2D eigenvalue weighted by atomic mass is 16.5. The van der Waals surface area contributed by atoms with Gasteiger partial charge in [0.2, 0.25) is 0 Å². The molecule has 2 aromatic carbocycles. The van der Waals surface area contributed by atoms with Crippen LogP contribution in [0.4, 0.5) is 0 Å². The van der Waals surface area contributed by atoms with Gasteiger partial charge in [-0.3, -0.25) is 4.79 Å². The van der Waals surface area contributed by atoms with E-state index < -0.39 is 6.10 Å². The fraction of sp³-hybridized carbons (Fsp3) is 0.381. The van der Waals surface area contributed by atoms with Gasteiger partial charge in [-0.15, -0.1) is 0 Å². The number of amides is 1. The zero-order valence-corrected chi connectivity index (χ0v) is 15.4. The van der Waals surface area contributed by atoms with Crippen molar-refractivity contribution in [1.29, 1.82) is 0 Å². The number of benzene rings is 2. The number of methoxy groups -OCH3 is 1. The van der Waals surface area contributed by atoms with E-state index in [9.17, 15) is 4.79 Å². The van der Waals surface area contributed by atoms with Crippen molar-refractivity contribution in [1.82, 2.24) is 5.32 Å². The Morgan fingerprint density at radius 1 is 0.960 bits per heavy atom. The number of carbonyl (C=O) groups excluding carboxylic acids is 1. The lowest BCUT2D eigenvalue weighted by molar-refractivity contribution is -0.128. The third-order valence-electron chi connectivity index (χ3n) is 3.97. The van der Waals surface area contributed by atoms with Crippen LogP contribution < -0.4 is 14.8 Å². The second-order valence-electron chi connectivity index (χ2n) is 6.54. The van der Waals surface area contributed by atoms with Crippen molar-refractivity contribution >= 4 is 5.91 Å². The van der Waals surface area contributed by atoms with E-state index in [1.807, 2.05) is 42.5 Å². The van der Waals surface area contributed by atoms with E-state index >= 15 is 0 Å². The Morgan fingerprint density at radius 2 is 1.56 bits per heavy atom. The van der Waals surface area contributed by atoms with Gasteiger partial charge >= 0.3 is 0 Å². The minimum Gasteiger partial charge on any atom is -0.497 e. The number of nitrogens with one attached hydrogen (secondary N) is 1. The molecule has 0 aromatic heterocycles. The van der Waals surface area contributed by atoms with Crippen LogP contribution in [-0.4, -0.2) is 19.1 Å². The number of ether oxygens (including phenoxy) is 2. The van der Waals surface area contributed by atoms with Crippen molar-refractivity contribution < 1.29 is 14.3 Å². The largest absolute Gasteiger partial charge is 0.497 e. The van der Waals surface area contributed by atoms with Crippen molar-refractivity contribution in [3.05, 3.63) is 60.2 Å². The first-order valence-electron chi connectivity index (χ1n) is 8.65. The quantitative estimate of drug-likeness (QED) is 0.776. The average molecular weight is 341 g/mol. The summed E-state index contributed by atoms with van der Waals surface area (Å²) in [5, 5.41) is 3.12. The molecular formula is C21H27NO3. The average Bonchev–Trinajstić information content (AvgIpc) is 2.62. The summed E-state index contributed by atoms with van der Waals surface area (Å²) in [7, 11) is 1.62. The Kier molecular flexibility index (Phi) is 6.87. The summed E-state index contributed by atoms with van der Waals surface area (Å²) >= 11 is 0. The van der Waals surface area contributed by atoms with Crippen LogP contribution in [0, 0.1) is 5.92 Å². The zero-order valence-electron chi connectivity index (χ0n) is 15.4. The molecule has 0 radical (unpaired) electrons. The molecule has 0 aliphatic carbocycles. The molecule has 0 unspecified atom stereocenters. The maximum Gasteiger partial charge on any atom is 0.261 e. The van der Waals surface area contributed by atoms with Gasteiger partial charge < -0.3 is 14.8 Å². The molecule has 0 bridgehead atoms. The molecule has 2 atom stereocenters. The third-order valence-corrected chi connectivity index (χ3v) is 3.97. The lowest BCUT2D eigenvalue weighted by Gasteiger charge is -2.23. The fourth-order valence-electron chi connectivity index (χ4n) is 2.64. The number of rotatable bonds is 8. The third kappa shape index (κ3) is 5.82. The molecule has 1 amide bonds. The molecule has 4 heteroatoms. The molecule has 0 aliphatic rings. The minimum absolute atomic E-state index is 0.0179. The predicted molar refractivity (Wildman–Crippen MR) is 99.9 cm³/mol. The van der Waals surface area contributed by atoms with Crippen molar-refractivity contribution in [2.45, 2.75) is 39.3 Å². The Bertz CT molecular complexity index is 653. The highest BCUT2D eigenvalue weighted by Crippen LogP contribution is 2.22. The summed E-state index contributed by atoms with van der Waals surface area (Å²) in [4.78, 5) is 12.6. The van der Waals surface area contributed by atoms with E-state index in [4.69, 9.17) is 9.47 Å². The van der Waals surface area contributed by atoms with E-state index in [-0.39, 0.29) is 11.9 Å². The van der Waals surface area contributed by atoms with Crippen molar-refractivity contribution in [2.24, 2.45) is 5.92 Å². The van der Waals surface area contributed by atoms with E-state index in [0.29, 0.717) is 11.7 Å². The van der Waals surface area contributed by atoms with Crippen LogP contribution in [0.1, 0.15) is 38.8 Å². The molecule has 0 fully saturated rings. The molecule has 0 spiro atoms. The highest BCUT2D eigenvalue weighted by molar-refractivity contribution is 5.81. The van der Waals surface area contributed by atoms with Crippen molar-refractivity contribution in [3.8, 4) is 11.5 Å². The van der Waals surface area contributed by atoms with Gasteiger partial charge in [0.05, 0.1) is 13.2 Å². The first kappa shape index (κ1) is 18.8. The van der Waals surface area contributed by atoms with Gasteiger partial charge in [-0.25, -0.2) is 0 Å². The van der Waals surface area contributed by atoms with Crippen molar-refractivity contribution in [3.63, 3.8) is 0 Å². The lowest BCUT2D eigenvalue weighted by Crippen LogP contribution is -2.39. The monoisotopic (exact) mass is 341 g/mol. The maximum absolute atomic E-state index is 12.6. The number of hydrogen-bond donors (Lipinski definition) is 1. The molecule has 0 heterocycles. The smallest absolute Gasteiger partial charge is 0.261 e. The van der Waals surface area contributed by atoms with Crippen LogP contribution in [-0.2, 0) is 4.79 Å². The molecular weight excluding hydrogens is 314 g/mol. The summed E-state index contributed by atoms with van der Waals surface area (Å²) in [5.74, 6) is 1.75. The zero-order chi connectivity index (χ0) is 18.2. The van der Waals surface area contributed by atoms with Gasteiger partial charge in [-0.05, 0) is 49.1 Å². The van der Waals surface area contributed by atoms with Crippen molar-refractivity contribution in [2.75, 3.05) is 7.11 Å². The summed E-state index contributed by atoms with van der Waals surface area (Å²) in [6, 6.07) is 17.2. The van der Waals surface area contributed by atoms with Crippen LogP contribution in [0.3, 0.4) is 0 Å². The van der Waals surface area contributed by atoms with E-state index in [1.54, 1.807) is 26.2 Å².